The van der Waals surface area contributed by atoms with E-state index in [2.05, 4.69) is 10.3 Å². The second-order valence-corrected chi connectivity index (χ2v) is 7.37. The average molecular weight is 260 g/mol. The van der Waals surface area contributed by atoms with E-state index < -0.39 is 14.7 Å². The second kappa shape index (κ2) is 4.78. The molecular formula is C10H16N2O2S2. The van der Waals surface area contributed by atoms with Crippen LogP contribution in [0, 0.1) is 12.3 Å². The van der Waals surface area contributed by atoms with Gasteiger partial charge in [0.05, 0.1) is 11.3 Å². The highest BCUT2D eigenvalue weighted by molar-refractivity contribution is 8.01. The molecule has 0 radical (unpaired) electrons. The Morgan fingerprint density at radius 1 is 1.69 bits per heavy atom. The third-order valence-electron chi connectivity index (χ3n) is 2.63. The highest BCUT2D eigenvalue weighted by Gasteiger charge is 2.49. The van der Waals surface area contributed by atoms with E-state index >= 15 is 0 Å². The van der Waals surface area contributed by atoms with E-state index in [0.29, 0.717) is 0 Å². The number of nitrogens with zero attached hydrogens (tertiary/aromatic N) is 2. The molecule has 1 saturated carbocycles. The quantitative estimate of drug-likeness (QED) is 0.708. The highest BCUT2D eigenvalue weighted by Crippen LogP contribution is 2.48. The number of carbonyl (C=O) groups is 1. The maximum absolute atomic E-state index is 12.1. The van der Waals surface area contributed by atoms with E-state index in [4.69, 9.17) is 6.42 Å². The highest BCUT2D eigenvalue weighted by atomic mass is 32.2. The third-order valence-corrected chi connectivity index (χ3v) is 5.78. The van der Waals surface area contributed by atoms with Gasteiger partial charge in [-0.15, -0.1) is 22.5 Å². The van der Waals surface area contributed by atoms with Crippen LogP contribution in [0.4, 0.5) is 0 Å². The van der Waals surface area contributed by atoms with Crippen molar-refractivity contribution < 1.29 is 9.00 Å². The van der Waals surface area contributed by atoms with Crippen LogP contribution in [0.5, 0.6) is 0 Å². The van der Waals surface area contributed by atoms with Gasteiger partial charge in [0.2, 0.25) is 0 Å². The fraction of sp³-hybridized carbons (Fsp3) is 0.700. The first-order valence-electron chi connectivity index (χ1n) is 4.84. The number of carbonyl (C=O) groups excluding carboxylic acids is 1. The molecule has 1 aliphatic rings. The molecule has 1 amide bonds. The van der Waals surface area contributed by atoms with Gasteiger partial charge in [-0.1, -0.05) is 5.92 Å². The van der Waals surface area contributed by atoms with Crippen LogP contribution in [0.1, 0.15) is 12.8 Å². The molecule has 1 rings (SSSR count). The van der Waals surface area contributed by atoms with Gasteiger partial charge in [0.15, 0.2) is 0 Å². The Bertz CT molecular complexity index is 440. The molecule has 0 saturated heterocycles. The van der Waals surface area contributed by atoms with Crippen LogP contribution in [0.25, 0.3) is 0 Å². The molecule has 4 nitrogen and oxygen atoms in total. The van der Waals surface area contributed by atoms with Crippen molar-refractivity contribution in [3.8, 4) is 12.3 Å². The molecule has 1 fully saturated rings. The van der Waals surface area contributed by atoms with Crippen molar-refractivity contribution in [1.29, 1.82) is 0 Å². The molecule has 0 heterocycles. The van der Waals surface area contributed by atoms with Gasteiger partial charge in [0.1, 0.15) is 9.92 Å². The minimum absolute atomic E-state index is 0.221. The van der Waals surface area contributed by atoms with E-state index in [1.807, 2.05) is 6.26 Å². The maximum atomic E-state index is 12.1. The molecule has 6 heteroatoms. The van der Waals surface area contributed by atoms with Gasteiger partial charge < -0.3 is 0 Å². The van der Waals surface area contributed by atoms with Crippen molar-refractivity contribution in [3.63, 3.8) is 0 Å². The fourth-order valence-corrected chi connectivity index (χ4v) is 2.90. The zero-order valence-corrected chi connectivity index (χ0v) is 11.4. The molecule has 0 aliphatic heterocycles. The number of hydrogen-bond donors (Lipinski definition) is 0. The van der Waals surface area contributed by atoms with Crippen LogP contribution >= 0.6 is 11.8 Å². The molecule has 0 bridgehead atoms. The first-order valence-corrected chi connectivity index (χ1v) is 7.95. The van der Waals surface area contributed by atoms with Crippen LogP contribution in [-0.2, 0) is 14.7 Å². The zero-order valence-electron chi connectivity index (χ0n) is 9.73. The lowest BCUT2D eigenvalue weighted by Crippen LogP contribution is -2.28. The number of rotatable bonds is 4. The van der Waals surface area contributed by atoms with Crippen molar-refractivity contribution in [2.75, 3.05) is 26.1 Å². The van der Waals surface area contributed by atoms with Crippen molar-refractivity contribution >= 4 is 27.6 Å². The van der Waals surface area contributed by atoms with Gasteiger partial charge in [-0.2, -0.15) is 0 Å². The molecule has 0 spiro atoms. The SMILES string of the molecule is C#CCN(C)S(C)(=O)=NC(=O)C1(SC)CC1. The molecular weight excluding hydrogens is 244 g/mol. The van der Waals surface area contributed by atoms with E-state index in [-0.39, 0.29) is 12.5 Å². The van der Waals surface area contributed by atoms with Crippen LogP contribution in [0.2, 0.25) is 0 Å². The minimum atomic E-state index is -2.67. The van der Waals surface area contributed by atoms with Crippen molar-refractivity contribution in [2.45, 2.75) is 17.6 Å². The second-order valence-electron chi connectivity index (χ2n) is 3.85. The Morgan fingerprint density at radius 2 is 2.25 bits per heavy atom. The Morgan fingerprint density at radius 3 is 2.62 bits per heavy atom. The number of amides is 1. The Hall–Kier alpha value is -0.510. The summed E-state index contributed by atoms with van der Waals surface area (Å²) >= 11 is 1.48. The van der Waals surface area contributed by atoms with Gasteiger partial charge in [0, 0.05) is 13.3 Å². The summed E-state index contributed by atoms with van der Waals surface area (Å²) in [5, 5.41) is 0. The summed E-state index contributed by atoms with van der Waals surface area (Å²) in [6, 6.07) is 0. The normalized spacial score (nSPS) is 20.9. The summed E-state index contributed by atoms with van der Waals surface area (Å²) in [5.41, 5.74) is 0. The third kappa shape index (κ3) is 2.78. The first kappa shape index (κ1) is 13.6. The largest absolute Gasteiger partial charge is 0.270 e. The Kier molecular flexibility index (Phi) is 4.05. The standard InChI is InChI=1S/C10H16N2O2S2/c1-5-8-12(2)16(4,14)11-9(13)10(15-3)6-7-10/h1H,6-8H2,2-4H3. The number of terminal acetylenes is 1. The van der Waals surface area contributed by atoms with Crippen LogP contribution in [0.15, 0.2) is 4.36 Å². The van der Waals surface area contributed by atoms with E-state index in [1.165, 1.54) is 22.3 Å². The van der Waals surface area contributed by atoms with Gasteiger partial charge in [-0.25, -0.2) is 8.51 Å². The lowest BCUT2D eigenvalue weighted by Gasteiger charge is -2.16. The van der Waals surface area contributed by atoms with Crippen molar-refractivity contribution in [2.24, 2.45) is 4.36 Å². The monoisotopic (exact) mass is 260 g/mol. The summed E-state index contributed by atoms with van der Waals surface area (Å²) in [7, 11) is -1.06. The molecule has 0 aromatic carbocycles. The van der Waals surface area contributed by atoms with Crippen LogP contribution in [-0.4, -0.2) is 45.3 Å². The molecule has 0 aromatic rings. The molecule has 1 unspecified atom stereocenters. The first-order chi connectivity index (χ1) is 7.38. The van der Waals surface area contributed by atoms with Gasteiger partial charge in [0.25, 0.3) is 5.91 Å². The lowest BCUT2D eigenvalue weighted by atomic mass is 10.4. The summed E-state index contributed by atoms with van der Waals surface area (Å²) in [4.78, 5) is 11.8. The summed E-state index contributed by atoms with van der Waals surface area (Å²) < 4.78 is 17.0. The minimum Gasteiger partial charge on any atom is -0.270 e. The van der Waals surface area contributed by atoms with Gasteiger partial charge in [-0.05, 0) is 19.1 Å². The molecule has 1 atom stereocenters. The topological polar surface area (TPSA) is 49.7 Å². The molecule has 0 aromatic heterocycles. The van der Waals surface area contributed by atoms with Gasteiger partial charge in [-0.3, -0.25) is 4.79 Å². The Balaban J connectivity index is 2.88. The van der Waals surface area contributed by atoms with Crippen molar-refractivity contribution in [3.05, 3.63) is 0 Å². The summed E-state index contributed by atoms with van der Waals surface area (Å²) in [5.74, 6) is 2.12. The predicted molar refractivity (Wildman–Crippen MR) is 68.4 cm³/mol. The molecule has 0 N–H and O–H groups in total. The molecule has 16 heavy (non-hydrogen) atoms. The smallest absolute Gasteiger partial charge is 0.270 e. The van der Waals surface area contributed by atoms with E-state index in [0.717, 1.165) is 12.8 Å². The number of thioether (sulfide) groups is 1. The van der Waals surface area contributed by atoms with Gasteiger partial charge >= 0.3 is 0 Å². The fourth-order valence-electron chi connectivity index (χ4n) is 1.17. The lowest BCUT2D eigenvalue weighted by molar-refractivity contribution is -0.117. The molecule has 90 valence electrons. The van der Waals surface area contributed by atoms with Crippen LogP contribution < -0.4 is 0 Å². The van der Waals surface area contributed by atoms with E-state index in [9.17, 15) is 9.00 Å². The van der Waals surface area contributed by atoms with Crippen molar-refractivity contribution in [1.82, 2.24) is 4.31 Å². The maximum Gasteiger partial charge on any atom is 0.270 e. The summed E-state index contributed by atoms with van der Waals surface area (Å²) in [6.07, 6.45) is 10.1. The van der Waals surface area contributed by atoms with Crippen LogP contribution in [0.3, 0.4) is 0 Å². The number of hydrogen-bond acceptors (Lipinski definition) is 3. The Labute approximate surface area is 101 Å². The molecule has 1 aliphatic carbocycles. The van der Waals surface area contributed by atoms with E-state index in [1.54, 1.807) is 7.05 Å². The summed E-state index contributed by atoms with van der Waals surface area (Å²) in [6.45, 7) is 0.221. The average Bonchev–Trinajstić information content (AvgIpc) is 2.98. The zero-order chi connectivity index (χ0) is 12.4. The predicted octanol–water partition coefficient (Wildman–Crippen LogP) is 0.986.